The SMILES string of the molecule is CCc1ccc([C@@H]2[C@@H](S(=O)(=O)CC)[C@]2(CN)CO)cc1. The summed E-state index contributed by atoms with van der Waals surface area (Å²) >= 11 is 0. The summed E-state index contributed by atoms with van der Waals surface area (Å²) in [5.74, 6) is -0.100. The maximum atomic E-state index is 12.2. The molecule has 3 atom stereocenters. The number of aliphatic hydroxyl groups is 1. The molecule has 0 heterocycles. The molecule has 0 amide bonds. The Hall–Kier alpha value is -0.910. The summed E-state index contributed by atoms with van der Waals surface area (Å²) < 4.78 is 24.5. The smallest absolute Gasteiger partial charge is 0.154 e. The molecule has 1 aromatic rings. The highest BCUT2D eigenvalue weighted by Gasteiger charge is 2.69. The van der Waals surface area contributed by atoms with Crippen molar-refractivity contribution in [1.29, 1.82) is 0 Å². The molecule has 1 aliphatic carbocycles. The maximum absolute atomic E-state index is 12.2. The van der Waals surface area contributed by atoms with E-state index in [-0.39, 0.29) is 24.8 Å². The van der Waals surface area contributed by atoms with E-state index in [0.29, 0.717) is 0 Å². The van der Waals surface area contributed by atoms with Gasteiger partial charge in [0.05, 0.1) is 11.9 Å². The summed E-state index contributed by atoms with van der Waals surface area (Å²) in [5, 5.41) is 9.12. The summed E-state index contributed by atoms with van der Waals surface area (Å²) in [6.07, 6.45) is 0.948. The second-order valence-electron chi connectivity index (χ2n) is 5.54. The normalized spacial score (nSPS) is 29.4. The third-order valence-corrected chi connectivity index (χ3v) is 6.91. The molecule has 1 aliphatic rings. The van der Waals surface area contributed by atoms with Crippen molar-refractivity contribution < 1.29 is 13.5 Å². The zero-order valence-electron chi connectivity index (χ0n) is 12.0. The first kappa shape index (κ1) is 15.5. The van der Waals surface area contributed by atoms with Crippen LogP contribution in [0.25, 0.3) is 0 Å². The highest BCUT2D eigenvalue weighted by Crippen LogP contribution is 2.62. The fourth-order valence-corrected chi connectivity index (χ4v) is 5.32. The lowest BCUT2D eigenvalue weighted by Crippen LogP contribution is -2.28. The molecule has 1 saturated carbocycles. The monoisotopic (exact) mass is 297 g/mol. The van der Waals surface area contributed by atoms with E-state index < -0.39 is 20.5 Å². The molecule has 4 nitrogen and oxygen atoms in total. The molecular weight excluding hydrogens is 274 g/mol. The molecule has 0 radical (unpaired) electrons. The summed E-state index contributed by atoms with van der Waals surface area (Å²) in [4.78, 5) is 0. The average Bonchev–Trinajstić information content (AvgIpc) is 3.18. The number of hydrogen-bond acceptors (Lipinski definition) is 4. The largest absolute Gasteiger partial charge is 0.396 e. The van der Waals surface area contributed by atoms with Gasteiger partial charge in [-0.1, -0.05) is 38.1 Å². The molecule has 0 saturated heterocycles. The lowest BCUT2D eigenvalue weighted by Gasteiger charge is -2.11. The molecular formula is C15H23NO3S. The number of hydrogen-bond donors (Lipinski definition) is 2. The Morgan fingerprint density at radius 1 is 1.25 bits per heavy atom. The number of benzene rings is 1. The van der Waals surface area contributed by atoms with E-state index in [1.165, 1.54) is 5.56 Å². The van der Waals surface area contributed by atoms with Gasteiger partial charge in [-0.2, -0.15) is 0 Å². The molecule has 112 valence electrons. The first-order valence-corrected chi connectivity index (χ1v) is 8.79. The van der Waals surface area contributed by atoms with Crippen LogP contribution < -0.4 is 5.73 Å². The lowest BCUT2D eigenvalue weighted by molar-refractivity contribution is 0.212. The van der Waals surface area contributed by atoms with Crippen LogP contribution in [0.3, 0.4) is 0 Å². The molecule has 0 unspecified atom stereocenters. The first-order chi connectivity index (χ1) is 9.46. The van der Waals surface area contributed by atoms with Crippen LogP contribution >= 0.6 is 0 Å². The Morgan fingerprint density at radius 3 is 2.25 bits per heavy atom. The highest BCUT2D eigenvalue weighted by molar-refractivity contribution is 7.92. The van der Waals surface area contributed by atoms with Crippen molar-refractivity contribution in [3.63, 3.8) is 0 Å². The van der Waals surface area contributed by atoms with Crippen LogP contribution in [0.15, 0.2) is 24.3 Å². The van der Waals surface area contributed by atoms with Crippen LogP contribution in [0.2, 0.25) is 0 Å². The van der Waals surface area contributed by atoms with Crippen molar-refractivity contribution in [2.45, 2.75) is 31.4 Å². The molecule has 1 fully saturated rings. The van der Waals surface area contributed by atoms with Gasteiger partial charge in [-0.3, -0.25) is 0 Å². The predicted octanol–water partition coefficient (Wildman–Crippen LogP) is 1.09. The third kappa shape index (κ3) is 2.28. The van der Waals surface area contributed by atoms with Crippen molar-refractivity contribution in [1.82, 2.24) is 0 Å². The summed E-state index contributed by atoms with van der Waals surface area (Å²) in [5.41, 5.74) is 7.25. The van der Waals surface area contributed by atoms with Gasteiger partial charge in [0.25, 0.3) is 0 Å². The minimum Gasteiger partial charge on any atom is -0.396 e. The molecule has 1 aromatic carbocycles. The number of sulfone groups is 1. The van der Waals surface area contributed by atoms with E-state index in [1.54, 1.807) is 6.92 Å². The van der Waals surface area contributed by atoms with Gasteiger partial charge < -0.3 is 10.8 Å². The van der Waals surface area contributed by atoms with Gasteiger partial charge >= 0.3 is 0 Å². The van der Waals surface area contributed by atoms with Gasteiger partial charge in [0.1, 0.15) is 0 Å². The lowest BCUT2D eigenvalue weighted by atomic mass is 9.99. The van der Waals surface area contributed by atoms with Gasteiger partial charge in [-0.25, -0.2) is 8.42 Å². The van der Waals surface area contributed by atoms with Gasteiger partial charge in [0, 0.05) is 23.6 Å². The minimum absolute atomic E-state index is 0.0863. The Labute approximate surface area is 120 Å². The van der Waals surface area contributed by atoms with E-state index in [0.717, 1.165) is 12.0 Å². The molecule has 0 aliphatic heterocycles. The molecule has 0 spiro atoms. The molecule has 20 heavy (non-hydrogen) atoms. The molecule has 0 bridgehead atoms. The van der Waals surface area contributed by atoms with Crippen LogP contribution in [-0.4, -0.2) is 37.7 Å². The summed E-state index contributed by atoms with van der Waals surface area (Å²) in [6.45, 7) is 3.72. The Morgan fingerprint density at radius 2 is 1.85 bits per heavy atom. The quantitative estimate of drug-likeness (QED) is 0.823. The van der Waals surface area contributed by atoms with Gasteiger partial charge in [0.15, 0.2) is 9.84 Å². The van der Waals surface area contributed by atoms with Crippen LogP contribution in [0.1, 0.15) is 30.9 Å². The standard InChI is InChI=1S/C15H23NO3S/c1-3-11-5-7-12(8-6-11)13-14(20(18,19)4-2)15(13,9-16)10-17/h5-8,13-14,17H,3-4,9-10,16H2,1-2H3/t13-,14-,15-/m1/s1. The van der Waals surface area contributed by atoms with E-state index in [9.17, 15) is 13.5 Å². The van der Waals surface area contributed by atoms with E-state index in [1.807, 2.05) is 24.3 Å². The van der Waals surface area contributed by atoms with Crippen LogP contribution in [-0.2, 0) is 16.3 Å². The fourth-order valence-electron chi connectivity index (χ4n) is 3.16. The van der Waals surface area contributed by atoms with Gasteiger partial charge in [-0.15, -0.1) is 0 Å². The summed E-state index contributed by atoms with van der Waals surface area (Å²) in [7, 11) is -3.21. The second kappa shape index (κ2) is 5.47. The number of nitrogens with two attached hydrogens (primary N) is 1. The number of rotatable bonds is 6. The zero-order valence-corrected chi connectivity index (χ0v) is 12.9. The predicted molar refractivity (Wildman–Crippen MR) is 80.4 cm³/mol. The van der Waals surface area contributed by atoms with Crippen molar-refractivity contribution in [3.8, 4) is 0 Å². The van der Waals surface area contributed by atoms with E-state index >= 15 is 0 Å². The van der Waals surface area contributed by atoms with Crippen LogP contribution in [0.5, 0.6) is 0 Å². The Balaban J connectivity index is 2.38. The zero-order chi connectivity index (χ0) is 15.0. The van der Waals surface area contributed by atoms with Crippen LogP contribution in [0, 0.1) is 5.41 Å². The molecule has 0 aromatic heterocycles. The second-order valence-corrected chi connectivity index (χ2v) is 7.95. The van der Waals surface area contributed by atoms with Gasteiger partial charge in [-0.05, 0) is 17.5 Å². The van der Waals surface area contributed by atoms with E-state index in [2.05, 4.69) is 6.92 Å². The van der Waals surface area contributed by atoms with Gasteiger partial charge in [0.2, 0.25) is 0 Å². The number of aryl methyl sites for hydroxylation is 1. The molecule has 3 N–H and O–H groups in total. The van der Waals surface area contributed by atoms with Crippen molar-refractivity contribution in [3.05, 3.63) is 35.4 Å². The fraction of sp³-hybridized carbons (Fsp3) is 0.600. The van der Waals surface area contributed by atoms with Crippen molar-refractivity contribution in [2.24, 2.45) is 11.1 Å². The highest BCUT2D eigenvalue weighted by atomic mass is 32.2. The Bertz CT molecular complexity index is 561. The maximum Gasteiger partial charge on any atom is 0.154 e. The summed E-state index contributed by atoms with van der Waals surface area (Å²) in [6, 6.07) is 7.97. The van der Waals surface area contributed by atoms with Crippen LogP contribution in [0.4, 0.5) is 0 Å². The minimum atomic E-state index is -3.21. The third-order valence-electron chi connectivity index (χ3n) is 4.59. The van der Waals surface area contributed by atoms with E-state index in [4.69, 9.17) is 5.73 Å². The average molecular weight is 297 g/mol. The van der Waals surface area contributed by atoms with Crippen molar-refractivity contribution >= 4 is 9.84 Å². The first-order valence-electron chi connectivity index (χ1n) is 7.08. The topological polar surface area (TPSA) is 80.4 Å². The molecule has 5 heteroatoms. The van der Waals surface area contributed by atoms with Crippen molar-refractivity contribution in [2.75, 3.05) is 18.9 Å². The number of aliphatic hydroxyl groups excluding tert-OH is 1. The Kier molecular flexibility index (Phi) is 4.23. The molecule has 2 rings (SSSR count).